The Morgan fingerprint density at radius 2 is 1.91 bits per heavy atom. The van der Waals surface area contributed by atoms with Crippen molar-refractivity contribution in [2.75, 3.05) is 4.72 Å². The lowest BCUT2D eigenvalue weighted by atomic mass is 10.2. The summed E-state index contributed by atoms with van der Waals surface area (Å²) < 4.78 is 35.4. The lowest BCUT2D eigenvalue weighted by molar-refractivity contribution is 0.0698. The van der Waals surface area contributed by atoms with Crippen LogP contribution in [0.15, 0.2) is 41.3 Å². The number of sulfonamides is 1. The number of aromatic nitrogens is 2. The number of hydrogen-bond acceptors (Lipinski definition) is 6. The van der Waals surface area contributed by atoms with Crippen LogP contribution in [0.5, 0.6) is 0 Å². The Morgan fingerprint density at radius 1 is 1.17 bits per heavy atom. The van der Waals surface area contributed by atoms with E-state index >= 15 is 0 Å². The molecule has 0 saturated carbocycles. The number of anilines is 1. The molecule has 0 aliphatic rings. The molecule has 0 unspecified atom stereocenters. The SMILES string of the molecule is O=C(O)c1c(Cl)cccc1NS(=O)(=O)c1cccc2nsnc12. The Labute approximate surface area is 139 Å². The molecule has 0 fully saturated rings. The molecule has 7 nitrogen and oxygen atoms in total. The third-order valence-electron chi connectivity index (χ3n) is 3.01. The number of benzene rings is 2. The summed E-state index contributed by atoms with van der Waals surface area (Å²) in [6.07, 6.45) is 0. The second-order valence-corrected chi connectivity index (χ2v) is 7.05. The minimum Gasteiger partial charge on any atom is -0.478 e. The highest BCUT2D eigenvalue weighted by Gasteiger charge is 2.23. The third-order valence-corrected chi connectivity index (χ3v) is 5.26. The van der Waals surface area contributed by atoms with Gasteiger partial charge in [0.25, 0.3) is 10.0 Å². The Morgan fingerprint density at radius 3 is 2.65 bits per heavy atom. The van der Waals surface area contributed by atoms with Crippen molar-refractivity contribution in [3.8, 4) is 0 Å². The summed E-state index contributed by atoms with van der Waals surface area (Å²) in [5.41, 5.74) is 0.234. The van der Waals surface area contributed by atoms with Crippen LogP contribution in [-0.4, -0.2) is 28.2 Å². The zero-order valence-electron chi connectivity index (χ0n) is 11.2. The van der Waals surface area contributed by atoms with E-state index in [1.165, 1.54) is 30.3 Å². The van der Waals surface area contributed by atoms with Crippen LogP contribution in [0, 0.1) is 0 Å². The number of rotatable bonds is 4. The van der Waals surface area contributed by atoms with Crippen molar-refractivity contribution in [1.82, 2.24) is 8.75 Å². The smallest absolute Gasteiger partial charge is 0.339 e. The maximum absolute atomic E-state index is 12.6. The molecule has 1 aromatic heterocycles. The molecule has 0 atom stereocenters. The molecule has 23 heavy (non-hydrogen) atoms. The van der Waals surface area contributed by atoms with E-state index in [0.717, 1.165) is 11.7 Å². The van der Waals surface area contributed by atoms with E-state index in [1.807, 2.05) is 0 Å². The predicted molar refractivity (Wildman–Crippen MR) is 86.6 cm³/mol. The molecule has 0 radical (unpaired) electrons. The van der Waals surface area contributed by atoms with Gasteiger partial charge in [0.15, 0.2) is 0 Å². The summed E-state index contributed by atoms with van der Waals surface area (Å²) in [7, 11) is -4.05. The van der Waals surface area contributed by atoms with Gasteiger partial charge in [-0.2, -0.15) is 8.75 Å². The van der Waals surface area contributed by atoms with Gasteiger partial charge >= 0.3 is 5.97 Å². The number of carboxylic acid groups (broad SMARTS) is 1. The van der Waals surface area contributed by atoms with Gasteiger partial charge in [-0.1, -0.05) is 23.7 Å². The summed E-state index contributed by atoms with van der Waals surface area (Å²) in [6, 6.07) is 8.70. The maximum atomic E-state index is 12.6. The largest absolute Gasteiger partial charge is 0.478 e. The van der Waals surface area contributed by atoms with Crippen molar-refractivity contribution in [3.05, 3.63) is 47.0 Å². The zero-order valence-corrected chi connectivity index (χ0v) is 13.6. The molecule has 0 amide bonds. The van der Waals surface area contributed by atoms with Crippen LogP contribution >= 0.6 is 23.3 Å². The highest BCUT2D eigenvalue weighted by atomic mass is 35.5. The highest BCUT2D eigenvalue weighted by molar-refractivity contribution is 7.93. The summed E-state index contributed by atoms with van der Waals surface area (Å²) in [5, 5.41) is 9.15. The first-order chi connectivity index (χ1) is 10.9. The van der Waals surface area contributed by atoms with Gasteiger partial charge in [0.1, 0.15) is 21.5 Å². The predicted octanol–water partition coefficient (Wildman–Crippen LogP) is 2.84. The minimum atomic E-state index is -4.05. The molecule has 1 heterocycles. The van der Waals surface area contributed by atoms with Gasteiger partial charge in [0.2, 0.25) is 0 Å². The highest BCUT2D eigenvalue weighted by Crippen LogP contribution is 2.28. The summed E-state index contributed by atoms with van der Waals surface area (Å²) in [5.74, 6) is -1.33. The van der Waals surface area contributed by atoms with Crippen molar-refractivity contribution in [2.45, 2.75) is 4.90 Å². The topological polar surface area (TPSA) is 109 Å². The standard InChI is InChI=1S/C13H8ClN3O4S2/c14-7-3-1-4-8(11(7)13(18)19)17-23(20,21)10-6-2-5-9-12(10)16-22-15-9/h1-6,17H,(H,18,19). The van der Waals surface area contributed by atoms with Crippen LogP contribution in [-0.2, 0) is 10.0 Å². The first-order valence-corrected chi connectivity index (χ1v) is 8.75. The second-order valence-electron chi connectivity index (χ2n) is 4.46. The van der Waals surface area contributed by atoms with Crippen LogP contribution in [0.2, 0.25) is 5.02 Å². The molecule has 10 heteroatoms. The van der Waals surface area contributed by atoms with Crippen molar-refractivity contribution >= 4 is 56.0 Å². The van der Waals surface area contributed by atoms with Crippen molar-refractivity contribution in [3.63, 3.8) is 0 Å². The average molecular weight is 370 g/mol. The molecule has 0 aliphatic heterocycles. The van der Waals surface area contributed by atoms with E-state index in [-0.39, 0.29) is 26.7 Å². The number of hydrogen-bond donors (Lipinski definition) is 2. The second kappa shape index (κ2) is 5.76. The Hall–Kier alpha value is -2.23. The third kappa shape index (κ3) is 2.85. The molecule has 0 aliphatic carbocycles. The Balaban J connectivity index is 2.11. The fourth-order valence-corrected chi connectivity index (χ4v) is 4.12. The maximum Gasteiger partial charge on any atom is 0.339 e. The van der Waals surface area contributed by atoms with Gasteiger partial charge < -0.3 is 5.11 Å². The van der Waals surface area contributed by atoms with Gasteiger partial charge in [0, 0.05) is 0 Å². The van der Waals surface area contributed by atoms with Crippen molar-refractivity contribution < 1.29 is 18.3 Å². The number of halogens is 1. The molecule has 3 rings (SSSR count). The van der Waals surface area contributed by atoms with Crippen LogP contribution in [0.25, 0.3) is 11.0 Å². The van der Waals surface area contributed by atoms with E-state index in [2.05, 4.69) is 13.5 Å². The molecule has 0 saturated heterocycles. The molecule has 0 spiro atoms. The van der Waals surface area contributed by atoms with Crippen LogP contribution in [0.4, 0.5) is 5.69 Å². The van der Waals surface area contributed by atoms with Gasteiger partial charge in [-0.05, 0) is 24.3 Å². The van der Waals surface area contributed by atoms with E-state index < -0.39 is 16.0 Å². The van der Waals surface area contributed by atoms with Gasteiger partial charge in [-0.3, -0.25) is 4.72 Å². The Bertz CT molecular complexity index is 1020. The van der Waals surface area contributed by atoms with Crippen LogP contribution in [0.3, 0.4) is 0 Å². The number of aromatic carboxylic acids is 1. The average Bonchev–Trinajstić information content (AvgIpc) is 2.94. The zero-order chi connectivity index (χ0) is 16.6. The van der Waals surface area contributed by atoms with E-state index in [0.29, 0.717) is 5.52 Å². The lowest BCUT2D eigenvalue weighted by Gasteiger charge is -2.11. The number of carbonyl (C=O) groups is 1. The van der Waals surface area contributed by atoms with E-state index in [4.69, 9.17) is 11.6 Å². The number of nitrogens with one attached hydrogen (secondary N) is 1. The molecule has 2 N–H and O–H groups in total. The van der Waals surface area contributed by atoms with Crippen molar-refractivity contribution in [1.29, 1.82) is 0 Å². The molecule has 118 valence electrons. The monoisotopic (exact) mass is 369 g/mol. The molecule has 3 aromatic rings. The van der Waals surface area contributed by atoms with E-state index in [9.17, 15) is 18.3 Å². The molecule has 0 bridgehead atoms. The quantitative estimate of drug-likeness (QED) is 0.731. The fourth-order valence-electron chi connectivity index (χ4n) is 2.02. The molecule has 2 aromatic carbocycles. The van der Waals surface area contributed by atoms with Crippen LogP contribution in [0.1, 0.15) is 10.4 Å². The summed E-state index contributed by atoms with van der Waals surface area (Å²) in [4.78, 5) is 11.2. The Kier molecular flexibility index (Phi) is 3.92. The minimum absolute atomic E-state index is 0.0637. The van der Waals surface area contributed by atoms with Gasteiger partial charge in [-0.15, -0.1) is 0 Å². The van der Waals surface area contributed by atoms with Crippen LogP contribution < -0.4 is 4.72 Å². The normalized spacial score (nSPS) is 11.5. The summed E-state index contributed by atoms with van der Waals surface area (Å²) >= 11 is 6.73. The number of nitrogens with zero attached hydrogens (tertiary/aromatic N) is 2. The fraction of sp³-hybridized carbons (Fsp3) is 0. The van der Waals surface area contributed by atoms with Gasteiger partial charge in [-0.25, -0.2) is 13.2 Å². The lowest BCUT2D eigenvalue weighted by Crippen LogP contribution is -2.16. The summed E-state index contributed by atoms with van der Waals surface area (Å²) in [6.45, 7) is 0. The number of fused-ring (bicyclic) bond motifs is 1. The van der Waals surface area contributed by atoms with Gasteiger partial charge in [0.05, 0.1) is 22.4 Å². The first-order valence-electron chi connectivity index (χ1n) is 6.16. The molecular formula is C13H8ClN3O4S2. The number of carboxylic acids is 1. The first kappa shape index (κ1) is 15.7. The van der Waals surface area contributed by atoms with Crippen molar-refractivity contribution in [2.24, 2.45) is 0 Å². The van der Waals surface area contributed by atoms with E-state index in [1.54, 1.807) is 6.07 Å². The molecular weight excluding hydrogens is 362 g/mol.